The molecule has 4 rings (SSSR count). The van der Waals surface area contributed by atoms with E-state index in [0.29, 0.717) is 22.8 Å². The first-order valence-electron chi connectivity index (χ1n) is 8.06. The van der Waals surface area contributed by atoms with Crippen molar-refractivity contribution in [1.82, 2.24) is 35.2 Å². The van der Waals surface area contributed by atoms with Gasteiger partial charge in [-0.15, -0.1) is 10.2 Å². The largest absolute Gasteiger partial charge is 0.278 e. The van der Waals surface area contributed by atoms with Gasteiger partial charge >= 0.3 is 0 Å². The summed E-state index contributed by atoms with van der Waals surface area (Å²) in [5, 5.41) is 21.4. The van der Waals surface area contributed by atoms with Gasteiger partial charge in [0.1, 0.15) is 5.52 Å². The minimum absolute atomic E-state index is 0.148. The maximum absolute atomic E-state index is 12.5. The van der Waals surface area contributed by atoms with Gasteiger partial charge in [-0.1, -0.05) is 48.4 Å². The van der Waals surface area contributed by atoms with E-state index in [-0.39, 0.29) is 5.56 Å². The average molecular weight is 343 g/mol. The Morgan fingerprint density at radius 2 is 1.92 bits per heavy atom. The van der Waals surface area contributed by atoms with Crippen LogP contribution in [-0.2, 0) is 5.88 Å². The summed E-state index contributed by atoms with van der Waals surface area (Å²) in [7, 11) is 0. The van der Waals surface area contributed by atoms with E-state index < -0.39 is 0 Å². The van der Waals surface area contributed by atoms with Crippen LogP contribution in [0.1, 0.15) is 38.1 Å². The van der Waals surface area contributed by atoms with Crippen LogP contribution in [0.3, 0.4) is 0 Å². The molecule has 124 valence electrons. The predicted octanol–water partition coefficient (Wildman–Crippen LogP) is 2.03. The smallest absolute Gasteiger partial charge is 0.267 e. The molecule has 1 saturated carbocycles. The molecule has 1 aromatic carbocycles. The second kappa shape index (κ2) is 6.68. The van der Waals surface area contributed by atoms with Crippen molar-refractivity contribution in [2.45, 2.75) is 49.2 Å². The lowest BCUT2D eigenvalue weighted by Crippen LogP contribution is -2.23. The van der Waals surface area contributed by atoms with E-state index in [1.165, 1.54) is 35.7 Å². The van der Waals surface area contributed by atoms with Crippen LogP contribution >= 0.6 is 11.8 Å². The molecule has 0 aliphatic heterocycles. The molecule has 8 nitrogen and oxygen atoms in total. The Kier molecular flexibility index (Phi) is 4.24. The van der Waals surface area contributed by atoms with Gasteiger partial charge in [0, 0.05) is 0 Å². The molecule has 0 atom stereocenters. The third-order valence-electron chi connectivity index (χ3n) is 4.33. The van der Waals surface area contributed by atoms with Gasteiger partial charge in [0.05, 0.1) is 17.3 Å². The van der Waals surface area contributed by atoms with E-state index in [1.807, 2.05) is 16.8 Å². The SMILES string of the molecule is O=c1c2ccccc2nnn1CSc1nnnn1C1CCCCC1. The van der Waals surface area contributed by atoms with Gasteiger partial charge in [-0.05, 0) is 35.4 Å². The van der Waals surface area contributed by atoms with Gasteiger partial charge in [0.15, 0.2) is 0 Å². The molecule has 0 unspecified atom stereocenters. The van der Waals surface area contributed by atoms with Gasteiger partial charge < -0.3 is 0 Å². The van der Waals surface area contributed by atoms with E-state index in [1.54, 1.807) is 12.1 Å². The molecule has 24 heavy (non-hydrogen) atoms. The van der Waals surface area contributed by atoms with Gasteiger partial charge in [-0.3, -0.25) is 4.79 Å². The van der Waals surface area contributed by atoms with E-state index >= 15 is 0 Å². The molecule has 0 spiro atoms. The maximum atomic E-state index is 12.5. The van der Waals surface area contributed by atoms with Crippen molar-refractivity contribution in [2.75, 3.05) is 0 Å². The van der Waals surface area contributed by atoms with Crippen LogP contribution in [-0.4, -0.2) is 35.2 Å². The molecule has 0 saturated heterocycles. The van der Waals surface area contributed by atoms with E-state index in [9.17, 15) is 4.79 Å². The standard InChI is InChI=1S/C15H17N7OS/c23-14-12-8-4-5-9-13(12)16-19-21(14)10-24-15-17-18-20-22(15)11-6-2-1-3-7-11/h4-5,8-9,11H,1-3,6-7,10H2. The second-order valence-corrected chi connectivity index (χ2v) is 6.79. The topological polar surface area (TPSA) is 91.4 Å². The lowest BCUT2D eigenvalue weighted by molar-refractivity contribution is 0.307. The molecule has 1 aliphatic rings. The highest BCUT2D eigenvalue weighted by Gasteiger charge is 2.20. The zero-order valence-electron chi connectivity index (χ0n) is 13.1. The third-order valence-corrected chi connectivity index (χ3v) is 5.23. The fourth-order valence-corrected chi connectivity index (χ4v) is 3.88. The lowest BCUT2D eigenvalue weighted by Gasteiger charge is -2.21. The number of hydrogen-bond donors (Lipinski definition) is 0. The molecule has 1 fully saturated rings. The Balaban J connectivity index is 1.55. The van der Waals surface area contributed by atoms with Gasteiger partial charge in [0.25, 0.3) is 5.56 Å². The van der Waals surface area contributed by atoms with Gasteiger partial charge in [0.2, 0.25) is 5.16 Å². The van der Waals surface area contributed by atoms with Crippen molar-refractivity contribution in [3.05, 3.63) is 34.6 Å². The number of hydrogen-bond acceptors (Lipinski definition) is 7. The summed E-state index contributed by atoms with van der Waals surface area (Å²) < 4.78 is 3.25. The van der Waals surface area contributed by atoms with Gasteiger partial charge in [-0.2, -0.15) is 4.68 Å². The summed E-state index contributed by atoms with van der Waals surface area (Å²) in [6, 6.07) is 7.57. The number of nitrogens with zero attached hydrogens (tertiary/aromatic N) is 7. The number of thioether (sulfide) groups is 1. The molecular formula is C15H17N7OS. The first kappa shape index (κ1) is 15.3. The van der Waals surface area contributed by atoms with Crippen LogP contribution in [0.2, 0.25) is 0 Å². The number of fused-ring (bicyclic) bond motifs is 1. The number of benzene rings is 1. The second-order valence-electron chi connectivity index (χ2n) is 5.88. The summed E-state index contributed by atoms with van der Waals surface area (Å²) in [5.74, 6) is 0.337. The minimum atomic E-state index is -0.148. The fraction of sp³-hybridized carbons (Fsp3) is 0.467. The van der Waals surface area contributed by atoms with E-state index in [2.05, 4.69) is 25.8 Å². The first-order valence-corrected chi connectivity index (χ1v) is 9.05. The lowest BCUT2D eigenvalue weighted by atomic mass is 9.96. The summed E-state index contributed by atoms with van der Waals surface area (Å²) in [4.78, 5) is 12.5. The van der Waals surface area contributed by atoms with E-state index in [0.717, 1.165) is 18.0 Å². The molecule has 0 N–H and O–H groups in total. The zero-order valence-corrected chi connectivity index (χ0v) is 13.9. The minimum Gasteiger partial charge on any atom is -0.267 e. The highest BCUT2D eigenvalue weighted by molar-refractivity contribution is 7.98. The van der Waals surface area contributed by atoms with Crippen LogP contribution in [0.5, 0.6) is 0 Å². The number of tetrazole rings is 1. The zero-order chi connectivity index (χ0) is 16.4. The maximum Gasteiger partial charge on any atom is 0.278 e. The van der Waals surface area contributed by atoms with Crippen molar-refractivity contribution in [2.24, 2.45) is 0 Å². The molecule has 2 heterocycles. The van der Waals surface area contributed by atoms with Crippen LogP contribution in [0.15, 0.2) is 34.2 Å². The first-order chi connectivity index (χ1) is 11.8. The molecule has 9 heteroatoms. The summed E-state index contributed by atoms with van der Waals surface area (Å²) in [5.41, 5.74) is 0.459. The third kappa shape index (κ3) is 2.91. The summed E-state index contributed by atoms with van der Waals surface area (Å²) >= 11 is 1.41. The molecule has 0 bridgehead atoms. The highest BCUT2D eigenvalue weighted by Crippen LogP contribution is 2.30. The predicted molar refractivity (Wildman–Crippen MR) is 89.6 cm³/mol. The van der Waals surface area contributed by atoms with Crippen LogP contribution in [0.25, 0.3) is 10.9 Å². The number of rotatable bonds is 4. The normalized spacial score (nSPS) is 15.8. The Hall–Kier alpha value is -2.29. The van der Waals surface area contributed by atoms with Crippen LogP contribution in [0.4, 0.5) is 0 Å². The summed E-state index contributed by atoms with van der Waals surface area (Å²) in [6.45, 7) is 0. The Bertz CT molecular complexity index is 900. The average Bonchev–Trinajstić information content (AvgIpc) is 3.11. The van der Waals surface area contributed by atoms with Gasteiger partial charge in [-0.25, -0.2) is 4.68 Å². The quantitative estimate of drug-likeness (QED) is 0.669. The molecule has 0 amide bonds. The van der Waals surface area contributed by atoms with Crippen LogP contribution in [0, 0.1) is 0 Å². The Labute approximate surface area is 142 Å². The van der Waals surface area contributed by atoms with Crippen molar-refractivity contribution in [3.63, 3.8) is 0 Å². The van der Waals surface area contributed by atoms with Crippen molar-refractivity contribution in [1.29, 1.82) is 0 Å². The van der Waals surface area contributed by atoms with Crippen molar-refractivity contribution >= 4 is 22.7 Å². The van der Waals surface area contributed by atoms with Crippen molar-refractivity contribution < 1.29 is 0 Å². The Morgan fingerprint density at radius 3 is 2.79 bits per heavy atom. The van der Waals surface area contributed by atoms with Crippen LogP contribution < -0.4 is 5.56 Å². The monoisotopic (exact) mass is 343 g/mol. The fourth-order valence-electron chi connectivity index (χ4n) is 3.06. The molecule has 1 aliphatic carbocycles. The molecule has 0 radical (unpaired) electrons. The Morgan fingerprint density at radius 1 is 1.08 bits per heavy atom. The molecule has 3 aromatic rings. The molecular weight excluding hydrogens is 326 g/mol. The highest BCUT2D eigenvalue weighted by atomic mass is 32.2. The van der Waals surface area contributed by atoms with Crippen molar-refractivity contribution in [3.8, 4) is 0 Å². The number of aromatic nitrogens is 7. The summed E-state index contributed by atoms with van der Waals surface area (Å²) in [6.07, 6.45) is 5.92. The molecule has 2 aromatic heterocycles. The van der Waals surface area contributed by atoms with E-state index in [4.69, 9.17) is 0 Å².